The first kappa shape index (κ1) is 20.7. The van der Waals surface area contributed by atoms with Crippen LogP contribution >= 0.6 is 12.4 Å². The first-order valence-corrected chi connectivity index (χ1v) is 8.87. The van der Waals surface area contributed by atoms with Gasteiger partial charge in [-0.2, -0.15) is 0 Å². The number of aliphatic hydroxyl groups is 1. The van der Waals surface area contributed by atoms with Crippen LogP contribution in [0.15, 0.2) is 54.6 Å². The fourth-order valence-electron chi connectivity index (χ4n) is 3.64. The topological polar surface area (TPSA) is 32.7 Å². The molecule has 2 unspecified atom stereocenters. The number of aryl methyl sites for hydroxylation is 2. The Balaban J connectivity index is 0.00000243. The molecule has 26 heavy (non-hydrogen) atoms. The number of alkyl halides is 1. The molecule has 0 saturated carbocycles. The predicted molar refractivity (Wildman–Crippen MR) is 104 cm³/mol. The van der Waals surface area contributed by atoms with Gasteiger partial charge in [0.25, 0.3) is 0 Å². The summed E-state index contributed by atoms with van der Waals surface area (Å²) >= 11 is 0. The summed E-state index contributed by atoms with van der Waals surface area (Å²) in [6.45, 7) is 1.93. The Bertz CT molecular complexity index is 710. The number of hydrogen-bond donors (Lipinski definition) is 1. The van der Waals surface area contributed by atoms with Gasteiger partial charge in [-0.05, 0) is 43.5 Å². The lowest BCUT2D eigenvalue weighted by atomic mass is 10.0. The van der Waals surface area contributed by atoms with E-state index < -0.39 is 11.6 Å². The number of ether oxygens (including phenoxy) is 1. The van der Waals surface area contributed by atoms with E-state index in [-0.39, 0.29) is 25.4 Å². The normalized spacial score (nSPS) is 25.7. The Morgan fingerprint density at radius 3 is 2.35 bits per heavy atom. The molecular formula is C21H27ClFNO2. The van der Waals surface area contributed by atoms with E-state index in [0.29, 0.717) is 6.42 Å². The van der Waals surface area contributed by atoms with Crippen molar-refractivity contribution < 1.29 is 14.2 Å². The zero-order chi connectivity index (χ0) is 17.9. The van der Waals surface area contributed by atoms with E-state index in [4.69, 9.17) is 4.74 Å². The number of nitrogens with zero attached hydrogens (tertiary/aromatic N) is 1. The number of para-hydroxylation sites is 1. The summed E-state index contributed by atoms with van der Waals surface area (Å²) in [6, 6.07) is 18.2. The molecule has 2 aromatic rings. The van der Waals surface area contributed by atoms with Crippen LogP contribution in [0.2, 0.25) is 0 Å². The van der Waals surface area contributed by atoms with E-state index in [0.717, 1.165) is 24.2 Å². The average Bonchev–Trinajstić information content (AvgIpc) is 2.83. The van der Waals surface area contributed by atoms with Crippen LogP contribution in [0.4, 0.5) is 4.39 Å². The lowest BCUT2D eigenvalue weighted by molar-refractivity contribution is -0.0905. The van der Waals surface area contributed by atoms with Gasteiger partial charge in [-0.3, -0.25) is 4.90 Å². The van der Waals surface area contributed by atoms with Crippen molar-refractivity contribution in [1.29, 1.82) is 0 Å². The molecule has 3 rings (SSSR count). The molecule has 1 N–H and O–H groups in total. The molecule has 1 aliphatic heterocycles. The Morgan fingerprint density at radius 2 is 1.73 bits per heavy atom. The monoisotopic (exact) mass is 379 g/mol. The first-order valence-electron chi connectivity index (χ1n) is 8.87. The van der Waals surface area contributed by atoms with Crippen LogP contribution < -0.4 is 4.74 Å². The molecule has 1 saturated heterocycles. The maximum Gasteiger partial charge on any atom is 0.224 e. The number of rotatable bonds is 6. The molecule has 142 valence electrons. The summed E-state index contributed by atoms with van der Waals surface area (Å²) in [5.74, 6) is -1.44. The first-order chi connectivity index (χ1) is 11.9. The van der Waals surface area contributed by atoms with Crippen molar-refractivity contribution in [2.75, 3.05) is 13.6 Å². The molecule has 0 bridgehead atoms. The fourth-order valence-corrected chi connectivity index (χ4v) is 3.64. The van der Waals surface area contributed by atoms with Gasteiger partial charge in [0.1, 0.15) is 5.75 Å². The molecule has 0 aliphatic carbocycles. The van der Waals surface area contributed by atoms with Gasteiger partial charge in [-0.25, -0.2) is 4.39 Å². The lowest BCUT2D eigenvalue weighted by Gasteiger charge is -2.35. The summed E-state index contributed by atoms with van der Waals surface area (Å²) in [7, 11) is 1.80. The largest absolute Gasteiger partial charge is 0.472 e. The van der Waals surface area contributed by atoms with Gasteiger partial charge in [0.05, 0.1) is 13.0 Å². The van der Waals surface area contributed by atoms with E-state index >= 15 is 0 Å². The zero-order valence-electron chi connectivity index (χ0n) is 15.3. The smallest absolute Gasteiger partial charge is 0.224 e. The maximum atomic E-state index is 14.2. The molecule has 0 radical (unpaired) electrons. The van der Waals surface area contributed by atoms with E-state index in [1.54, 1.807) is 11.9 Å². The second kappa shape index (κ2) is 8.38. The number of benzene rings is 2. The molecule has 2 atom stereocenters. The van der Waals surface area contributed by atoms with Gasteiger partial charge in [0, 0.05) is 0 Å². The van der Waals surface area contributed by atoms with Crippen molar-refractivity contribution in [3.05, 3.63) is 65.7 Å². The van der Waals surface area contributed by atoms with Gasteiger partial charge in [-0.1, -0.05) is 55.5 Å². The zero-order valence-corrected chi connectivity index (χ0v) is 16.1. The second-order valence-corrected chi connectivity index (χ2v) is 6.95. The van der Waals surface area contributed by atoms with Crippen molar-refractivity contribution in [3.8, 4) is 5.75 Å². The molecular weight excluding hydrogens is 353 g/mol. The number of likely N-dealkylation sites (tertiary alicyclic amines) is 1. The van der Waals surface area contributed by atoms with Crippen molar-refractivity contribution in [1.82, 2.24) is 4.90 Å². The quantitative estimate of drug-likeness (QED) is 0.808. The van der Waals surface area contributed by atoms with Crippen molar-refractivity contribution in [2.24, 2.45) is 0 Å². The van der Waals surface area contributed by atoms with Crippen LogP contribution in [0.1, 0.15) is 30.9 Å². The van der Waals surface area contributed by atoms with Crippen LogP contribution in [0, 0.1) is 0 Å². The standard InChI is InChI=1S/C21H26FNO2.ClH/c1-3-21(15-20(22,24)16-23(21)2)25-19-12-8-7-11-18(19)14-13-17-9-5-4-6-10-17;/h4-12,24H,3,13-16H2,1-2H3;1H. The number of likely N-dealkylation sites (N-methyl/N-ethyl adjacent to an activating group) is 1. The molecule has 0 aromatic heterocycles. The highest BCUT2D eigenvalue weighted by molar-refractivity contribution is 5.85. The summed E-state index contributed by atoms with van der Waals surface area (Å²) in [5, 5.41) is 9.84. The molecule has 2 aromatic carbocycles. The Morgan fingerprint density at radius 1 is 1.08 bits per heavy atom. The van der Waals surface area contributed by atoms with Gasteiger partial charge in [-0.15, -0.1) is 12.4 Å². The summed E-state index contributed by atoms with van der Waals surface area (Å²) in [5.41, 5.74) is 1.56. The number of halogens is 2. The highest BCUT2D eigenvalue weighted by Gasteiger charge is 2.53. The summed E-state index contributed by atoms with van der Waals surface area (Å²) in [4.78, 5) is 1.78. The molecule has 3 nitrogen and oxygen atoms in total. The highest BCUT2D eigenvalue weighted by atomic mass is 35.5. The minimum atomic E-state index is -2.20. The highest BCUT2D eigenvalue weighted by Crippen LogP contribution is 2.40. The summed E-state index contributed by atoms with van der Waals surface area (Å²) < 4.78 is 20.5. The SMILES string of the molecule is CCC1(Oc2ccccc2CCc2ccccc2)CC(O)(F)CN1C.Cl. The Kier molecular flexibility index (Phi) is 6.67. The minimum absolute atomic E-state index is 0. The lowest BCUT2D eigenvalue weighted by Crippen LogP contribution is -2.46. The number of β-amino-alcohol motifs (C(OH)–C–C–N with tert-alkyl or cyclic N) is 1. The second-order valence-electron chi connectivity index (χ2n) is 6.95. The van der Waals surface area contributed by atoms with Crippen LogP contribution in [0.25, 0.3) is 0 Å². The average molecular weight is 380 g/mol. The third-order valence-electron chi connectivity index (χ3n) is 5.07. The van der Waals surface area contributed by atoms with Gasteiger partial charge >= 0.3 is 0 Å². The van der Waals surface area contributed by atoms with E-state index in [9.17, 15) is 9.50 Å². The molecule has 1 fully saturated rings. The molecule has 1 heterocycles. The Labute approximate surface area is 161 Å². The number of hydrogen-bond acceptors (Lipinski definition) is 3. The van der Waals surface area contributed by atoms with Crippen LogP contribution in [0.3, 0.4) is 0 Å². The maximum absolute atomic E-state index is 14.2. The van der Waals surface area contributed by atoms with Crippen molar-refractivity contribution in [3.63, 3.8) is 0 Å². The van der Waals surface area contributed by atoms with Crippen molar-refractivity contribution in [2.45, 2.75) is 44.2 Å². The molecule has 1 aliphatic rings. The van der Waals surface area contributed by atoms with E-state index in [2.05, 4.69) is 18.2 Å². The third kappa shape index (κ3) is 4.56. The van der Waals surface area contributed by atoms with Crippen LogP contribution in [-0.2, 0) is 12.8 Å². The molecule has 0 amide bonds. The predicted octanol–water partition coefficient (Wildman–Crippen LogP) is 4.37. The van der Waals surface area contributed by atoms with Crippen molar-refractivity contribution >= 4 is 12.4 Å². The van der Waals surface area contributed by atoms with E-state index in [1.165, 1.54) is 5.56 Å². The molecule has 5 heteroatoms. The molecule has 0 spiro atoms. The van der Waals surface area contributed by atoms with Crippen LogP contribution in [0.5, 0.6) is 5.75 Å². The summed E-state index contributed by atoms with van der Waals surface area (Å²) in [6.07, 6.45) is 2.33. The van der Waals surface area contributed by atoms with Gasteiger partial charge < -0.3 is 9.84 Å². The van der Waals surface area contributed by atoms with Gasteiger partial charge in [0.15, 0.2) is 5.72 Å². The van der Waals surface area contributed by atoms with Gasteiger partial charge in [0.2, 0.25) is 5.85 Å². The van der Waals surface area contributed by atoms with E-state index in [1.807, 2.05) is 43.3 Å². The Hall–Kier alpha value is -1.62. The third-order valence-corrected chi connectivity index (χ3v) is 5.07. The van der Waals surface area contributed by atoms with Crippen LogP contribution in [-0.4, -0.2) is 35.2 Å². The minimum Gasteiger partial charge on any atom is -0.472 e. The fraction of sp³-hybridized carbons (Fsp3) is 0.429.